The van der Waals surface area contributed by atoms with Gasteiger partial charge in [0.25, 0.3) is 0 Å². The molecule has 0 heterocycles. The lowest BCUT2D eigenvalue weighted by molar-refractivity contribution is 0.360. The molecule has 0 saturated carbocycles. The highest BCUT2D eigenvalue weighted by Gasteiger charge is 1.92. The van der Waals surface area contributed by atoms with Crippen LogP contribution in [0.25, 0.3) is 0 Å². The first-order valence-electron chi connectivity index (χ1n) is 4.06. The van der Waals surface area contributed by atoms with Gasteiger partial charge in [-0.1, -0.05) is 18.2 Å². The first kappa shape index (κ1) is 9.74. The zero-order valence-corrected chi connectivity index (χ0v) is 7.24. The molecule has 0 atom stereocenters. The molecule has 70 valence electrons. The summed E-state index contributed by atoms with van der Waals surface area (Å²) in [5.74, 6) is 0.238. The normalized spacial score (nSPS) is 10.6. The summed E-state index contributed by atoms with van der Waals surface area (Å²) in [6, 6.07) is 6.04. The van der Waals surface area contributed by atoms with Crippen molar-refractivity contribution in [3.8, 4) is 5.75 Å². The van der Waals surface area contributed by atoms with Crippen molar-refractivity contribution in [1.82, 2.24) is 0 Å². The molecular formula is C10H12FNO. The van der Waals surface area contributed by atoms with Gasteiger partial charge < -0.3 is 10.5 Å². The summed E-state index contributed by atoms with van der Waals surface area (Å²) in [7, 11) is 0. The van der Waals surface area contributed by atoms with Crippen molar-refractivity contribution < 1.29 is 9.13 Å². The third-order valence-corrected chi connectivity index (χ3v) is 1.45. The topological polar surface area (TPSA) is 35.2 Å². The van der Waals surface area contributed by atoms with Crippen molar-refractivity contribution in [1.29, 1.82) is 0 Å². The number of halogens is 1. The number of hydrogen-bond acceptors (Lipinski definition) is 2. The second-order valence-corrected chi connectivity index (χ2v) is 2.48. The van der Waals surface area contributed by atoms with Gasteiger partial charge in [-0.05, 0) is 12.1 Å². The predicted octanol–water partition coefficient (Wildman–Crippen LogP) is 1.72. The van der Waals surface area contributed by atoms with Crippen LogP contribution in [0.15, 0.2) is 36.4 Å². The maximum absolute atomic E-state index is 12.6. The molecule has 0 fully saturated rings. The molecule has 0 aromatic heterocycles. The summed E-state index contributed by atoms with van der Waals surface area (Å²) in [5.41, 5.74) is 5.23. The molecule has 0 spiro atoms. The second kappa shape index (κ2) is 5.32. The van der Waals surface area contributed by atoms with Gasteiger partial charge in [-0.2, -0.15) is 0 Å². The molecule has 0 aliphatic rings. The smallest absolute Gasteiger partial charge is 0.126 e. The summed E-state index contributed by atoms with van der Waals surface area (Å²) in [6.45, 7) is 0.910. The van der Waals surface area contributed by atoms with Crippen molar-refractivity contribution in [2.24, 2.45) is 5.73 Å². The highest BCUT2D eigenvalue weighted by molar-refractivity contribution is 5.22. The van der Waals surface area contributed by atoms with Crippen LogP contribution in [0.1, 0.15) is 0 Å². The Morgan fingerprint density at radius 2 is 2.23 bits per heavy atom. The van der Waals surface area contributed by atoms with Gasteiger partial charge in [-0.25, -0.2) is 4.39 Å². The molecule has 1 aromatic carbocycles. The fraction of sp³-hybridized carbons (Fsp3) is 0.200. The third kappa shape index (κ3) is 3.71. The lowest BCUT2D eigenvalue weighted by atomic mass is 10.3. The van der Waals surface area contributed by atoms with Gasteiger partial charge in [0.15, 0.2) is 0 Å². The number of nitrogens with two attached hydrogens (primary N) is 1. The SMILES string of the molecule is NCC=CCOc1cccc(F)c1. The van der Waals surface area contributed by atoms with E-state index >= 15 is 0 Å². The molecule has 1 aromatic rings. The van der Waals surface area contributed by atoms with E-state index in [9.17, 15) is 4.39 Å². The Balaban J connectivity index is 2.41. The van der Waals surface area contributed by atoms with Gasteiger partial charge in [-0.3, -0.25) is 0 Å². The molecule has 0 saturated heterocycles. The van der Waals surface area contributed by atoms with Crippen LogP contribution >= 0.6 is 0 Å². The van der Waals surface area contributed by atoms with E-state index < -0.39 is 0 Å². The molecule has 2 nitrogen and oxygen atoms in total. The lowest BCUT2D eigenvalue weighted by Gasteiger charge is -2.01. The molecule has 0 amide bonds. The standard InChI is InChI=1S/C10H12FNO/c11-9-4-3-5-10(8-9)13-7-2-1-6-12/h1-5,8H,6-7,12H2. The van der Waals surface area contributed by atoms with Crippen LogP contribution < -0.4 is 10.5 Å². The number of ether oxygens (including phenoxy) is 1. The third-order valence-electron chi connectivity index (χ3n) is 1.45. The van der Waals surface area contributed by atoms with E-state index in [2.05, 4.69) is 0 Å². The van der Waals surface area contributed by atoms with Gasteiger partial charge >= 0.3 is 0 Å². The van der Waals surface area contributed by atoms with Crippen LogP contribution in [0.4, 0.5) is 4.39 Å². The molecule has 3 heteroatoms. The molecule has 1 rings (SSSR count). The van der Waals surface area contributed by atoms with Crippen LogP contribution in [0.3, 0.4) is 0 Å². The van der Waals surface area contributed by atoms with Gasteiger partial charge in [-0.15, -0.1) is 0 Å². The Labute approximate surface area is 76.8 Å². The second-order valence-electron chi connectivity index (χ2n) is 2.48. The highest BCUT2D eigenvalue weighted by atomic mass is 19.1. The molecule has 0 aliphatic carbocycles. The van der Waals surface area contributed by atoms with Crippen molar-refractivity contribution in [2.75, 3.05) is 13.2 Å². The van der Waals surface area contributed by atoms with E-state index in [-0.39, 0.29) is 5.82 Å². The summed E-state index contributed by atoms with van der Waals surface area (Å²) >= 11 is 0. The molecule has 0 radical (unpaired) electrons. The summed E-state index contributed by atoms with van der Waals surface area (Å²) in [5, 5.41) is 0. The van der Waals surface area contributed by atoms with Crippen molar-refractivity contribution in [2.45, 2.75) is 0 Å². The Hall–Kier alpha value is -1.35. The fourth-order valence-corrected chi connectivity index (χ4v) is 0.865. The molecular weight excluding hydrogens is 169 g/mol. The number of rotatable bonds is 4. The lowest BCUT2D eigenvalue weighted by Crippen LogP contribution is -1.97. The monoisotopic (exact) mass is 181 g/mol. The number of benzene rings is 1. The quantitative estimate of drug-likeness (QED) is 0.718. The average Bonchev–Trinajstić information content (AvgIpc) is 2.13. The van der Waals surface area contributed by atoms with Gasteiger partial charge in [0.2, 0.25) is 0 Å². The van der Waals surface area contributed by atoms with Gasteiger partial charge in [0.1, 0.15) is 18.2 Å². The maximum atomic E-state index is 12.6. The average molecular weight is 181 g/mol. The van der Waals surface area contributed by atoms with Crippen LogP contribution in [-0.4, -0.2) is 13.2 Å². The Morgan fingerprint density at radius 1 is 1.38 bits per heavy atom. The first-order valence-corrected chi connectivity index (χ1v) is 4.06. The Kier molecular flexibility index (Phi) is 3.99. The number of hydrogen-bond donors (Lipinski definition) is 1. The fourth-order valence-electron chi connectivity index (χ4n) is 0.865. The van der Waals surface area contributed by atoms with Crippen LogP contribution in [0, 0.1) is 5.82 Å². The molecule has 0 aliphatic heterocycles. The molecule has 13 heavy (non-hydrogen) atoms. The summed E-state index contributed by atoms with van der Waals surface area (Å²) in [6.07, 6.45) is 3.59. The first-order chi connectivity index (χ1) is 6.33. The molecule has 0 bridgehead atoms. The van der Waals surface area contributed by atoms with E-state index in [4.69, 9.17) is 10.5 Å². The van der Waals surface area contributed by atoms with Crippen LogP contribution in [-0.2, 0) is 0 Å². The van der Waals surface area contributed by atoms with E-state index in [1.54, 1.807) is 24.3 Å². The van der Waals surface area contributed by atoms with Crippen molar-refractivity contribution in [3.63, 3.8) is 0 Å². The van der Waals surface area contributed by atoms with E-state index in [0.717, 1.165) is 0 Å². The zero-order valence-electron chi connectivity index (χ0n) is 7.24. The predicted molar refractivity (Wildman–Crippen MR) is 50.1 cm³/mol. The molecule has 2 N–H and O–H groups in total. The van der Waals surface area contributed by atoms with Gasteiger partial charge in [0.05, 0.1) is 0 Å². The Morgan fingerprint density at radius 3 is 2.92 bits per heavy atom. The van der Waals surface area contributed by atoms with E-state index in [1.807, 2.05) is 0 Å². The minimum absolute atomic E-state index is 0.291. The summed E-state index contributed by atoms with van der Waals surface area (Å²) < 4.78 is 17.8. The van der Waals surface area contributed by atoms with E-state index in [0.29, 0.717) is 18.9 Å². The van der Waals surface area contributed by atoms with Crippen molar-refractivity contribution >= 4 is 0 Å². The highest BCUT2D eigenvalue weighted by Crippen LogP contribution is 2.11. The van der Waals surface area contributed by atoms with Crippen LogP contribution in [0.2, 0.25) is 0 Å². The minimum atomic E-state index is -0.291. The van der Waals surface area contributed by atoms with Gasteiger partial charge in [0, 0.05) is 12.6 Å². The largest absolute Gasteiger partial charge is 0.489 e. The molecule has 0 unspecified atom stereocenters. The summed E-state index contributed by atoms with van der Waals surface area (Å²) in [4.78, 5) is 0. The maximum Gasteiger partial charge on any atom is 0.126 e. The van der Waals surface area contributed by atoms with Crippen molar-refractivity contribution in [3.05, 3.63) is 42.2 Å². The Bertz CT molecular complexity index is 286. The zero-order chi connectivity index (χ0) is 9.52. The van der Waals surface area contributed by atoms with E-state index in [1.165, 1.54) is 12.1 Å². The van der Waals surface area contributed by atoms with Crippen LogP contribution in [0.5, 0.6) is 5.75 Å². The minimum Gasteiger partial charge on any atom is -0.489 e.